The molecule has 2 saturated carbocycles. The van der Waals surface area contributed by atoms with Crippen molar-refractivity contribution in [1.29, 1.82) is 0 Å². The first-order valence-corrected chi connectivity index (χ1v) is 9.18. The molecule has 4 aliphatic rings. The molecule has 7 heteroatoms. The van der Waals surface area contributed by atoms with Crippen LogP contribution in [0.4, 0.5) is 0 Å². The van der Waals surface area contributed by atoms with Crippen molar-refractivity contribution in [2.75, 3.05) is 19.6 Å². The fourth-order valence-corrected chi connectivity index (χ4v) is 4.47. The number of nitrogens with one attached hydrogen (secondary N) is 2. The van der Waals surface area contributed by atoms with Gasteiger partial charge in [-0.2, -0.15) is 0 Å². The van der Waals surface area contributed by atoms with E-state index >= 15 is 0 Å². The van der Waals surface area contributed by atoms with Crippen LogP contribution < -0.4 is 10.6 Å². The number of nitrogens with zero attached hydrogens (tertiary/aromatic N) is 2. The highest BCUT2D eigenvalue weighted by molar-refractivity contribution is 14.0. The average Bonchev–Trinajstić information content (AvgIpc) is 2.94. The maximum absolute atomic E-state index is 12.6. The van der Waals surface area contributed by atoms with Gasteiger partial charge in [0.15, 0.2) is 5.96 Å². The van der Waals surface area contributed by atoms with Crippen molar-refractivity contribution in [2.45, 2.75) is 32.7 Å². The van der Waals surface area contributed by atoms with Crippen molar-refractivity contribution in [2.24, 2.45) is 34.6 Å². The van der Waals surface area contributed by atoms with Gasteiger partial charge in [-0.15, -0.1) is 24.0 Å². The maximum atomic E-state index is 12.6. The fourth-order valence-electron chi connectivity index (χ4n) is 4.47. The molecule has 0 spiro atoms. The van der Waals surface area contributed by atoms with Crippen molar-refractivity contribution in [1.82, 2.24) is 15.5 Å². The monoisotopic (exact) mass is 458 g/mol. The number of carbonyl (C=O) groups is 2. The first-order valence-electron chi connectivity index (χ1n) is 9.18. The third-order valence-corrected chi connectivity index (χ3v) is 5.93. The molecule has 6 atom stereocenters. The minimum absolute atomic E-state index is 0. The predicted octanol–water partition coefficient (Wildman–Crippen LogP) is 1.37. The Labute approximate surface area is 165 Å². The van der Waals surface area contributed by atoms with E-state index in [4.69, 9.17) is 0 Å². The number of rotatable bonds is 5. The van der Waals surface area contributed by atoms with Gasteiger partial charge in [0.25, 0.3) is 0 Å². The standard InChI is InChI=1S/C18H26N4O2.HI/c1-3-19-18(21-13-8-10(13)2)20-6-7-22-16(23)14-11-4-5-12(9-11)15(14)17(22)24;/h4-5,10-15H,3,6-9H2,1-2H3,(H2,19,20,21);1H. The van der Waals surface area contributed by atoms with Gasteiger partial charge < -0.3 is 10.6 Å². The van der Waals surface area contributed by atoms with Crippen molar-refractivity contribution >= 4 is 41.8 Å². The number of hydrogen-bond donors (Lipinski definition) is 2. The fraction of sp³-hybridized carbons (Fsp3) is 0.722. The van der Waals surface area contributed by atoms with Crippen LogP contribution in [0.3, 0.4) is 0 Å². The predicted molar refractivity (Wildman–Crippen MR) is 107 cm³/mol. The second-order valence-electron chi connectivity index (χ2n) is 7.55. The molecule has 1 aliphatic heterocycles. The Kier molecular flexibility index (Phi) is 5.41. The smallest absolute Gasteiger partial charge is 0.233 e. The molecule has 3 fully saturated rings. The van der Waals surface area contributed by atoms with E-state index in [1.807, 2.05) is 6.92 Å². The van der Waals surface area contributed by atoms with E-state index in [1.54, 1.807) is 0 Å². The molecular weight excluding hydrogens is 431 g/mol. The van der Waals surface area contributed by atoms with Gasteiger partial charge in [-0.05, 0) is 37.5 Å². The number of halogens is 1. The molecule has 0 aromatic heterocycles. The van der Waals surface area contributed by atoms with Crippen molar-refractivity contribution in [3.63, 3.8) is 0 Å². The van der Waals surface area contributed by atoms with Crippen LogP contribution in [0, 0.1) is 29.6 Å². The highest BCUT2D eigenvalue weighted by Crippen LogP contribution is 2.52. The molecule has 4 rings (SSSR count). The summed E-state index contributed by atoms with van der Waals surface area (Å²) in [7, 11) is 0. The molecule has 0 aromatic rings. The number of likely N-dealkylation sites (tertiary alicyclic amines) is 1. The SMILES string of the molecule is CCNC(=NCCN1C(=O)C2C3C=CC(C3)C2C1=O)NC1CC1C.I. The molecule has 0 aromatic carbocycles. The quantitative estimate of drug-likeness (QED) is 0.215. The number of hydrogen-bond acceptors (Lipinski definition) is 3. The minimum atomic E-state index is -0.102. The molecule has 3 aliphatic carbocycles. The maximum Gasteiger partial charge on any atom is 0.233 e. The summed E-state index contributed by atoms with van der Waals surface area (Å²) in [6.45, 7) is 5.89. The van der Waals surface area contributed by atoms with Crippen molar-refractivity contribution < 1.29 is 9.59 Å². The molecule has 2 bridgehead atoms. The lowest BCUT2D eigenvalue weighted by atomic mass is 9.85. The Balaban J connectivity index is 0.00000182. The van der Waals surface area contributed by atoms with E-state index in [2.05, 4.69) is 34.7 Å². The molecule has 6 nitrogen and oxygen atoms in total. The summed E-state index contributed by atoms with van der Waals surface area (Å²) in [5.74, 6) is 1.87. The van der Waals surface area contributed by atoms with Crippen LogP contribution in [0.5, 0.6) is 0 Å². The summed E-state index contributed by atoms with van der Waals surface area (Å²) in [6, 6.07) is 0.499. The van der Waals surface area contributed by atoms with E-state index in [0.717, 1.165) is 18.9 Å². The van der Waals surface area contributed by atoms with E-state index in [1.165, 1.54) is 11.3 Å². The van der Waals surface area contributed by atoms with Gasteiger partial charge in [-0.1, -0.05) is 19.1 Å². The number of carbonyl (C=O) groups excluding carboxylic acids is 2. The van der Waals surface area contributed by atoms with Gasteiger partial charge in [-0.25, -0.2) is 0 Å². The normalized spacial score (nSPS) is 38.0. The van der Waals surface area contributed by atoms with E-state index in [-0.39, 0.29) is 59.5 Å². The Hall–Kier alpha value is -1.12. The van der Waals surface area contributed by atoms with Crippen LogP contribution in [0.1, 0.15) is 26.7 Å². The van der Waals surface area contributed by atoms with Gasteiger partial charge in [-0.3, -0.25) is 19.5 Å². The Bertz CT molecular complexity index is 590. The lowest BCUT2D eigenvalue weighted by Gasteiger charge is -2.17. The minimum Gasteiger partial charge on any atom is -0.357 e. The largest absolute Gasteiger partial charge is 0.357 e. The Morgan fingerprint density at radius 1 is 1.20 bits per heavy atom. The summed E-state index contributed by atoms with van der Waals surface area (Å²) in [4.78, 5) is 31.2. The third-order valence-electron chi connectivity index (χ3n) is 5.93. The van der Waals surface area contributed by atoms with Gasteiger partial charge in [0.2, 0.25) is 11.8 Å². The Morgan fingerprint density at radius 2 is 1.80 bits per heavy atom. The zero-order valence-corrected chi connectivity index (χ0v) is 17.1. The van der Waals surface area contributed by atoms with Gasteiger partial charge in [0.05, 0.1) is 18.4 Å². The van der Waals surface area contributed by atoms with Crippen LogP contribution in [0.15, 0.2) is 17.1 Å². The van der Waals surface area contributed by atoms with Gasteiger partial charge >= 0.3 is 0 Å². The second-order valence-corrected chi connectivity index (χ2v) is 7.55. The number of fused-ring (bicyclic) bond motifs is 5. The second kappa shape index (κ2) is 7.25. The van der Waals surface area contributed by atoms with E-state index in [0.29, 0.717) is 25.0 Å². The molecule has 2 N–H and O–H groups in total. The van der Waals surface area contributed by atoms with Crippen LogP contribution in [-0.2, 0) is 9.59 Å². The average molecular weight is 458 g/mol. The highest BCUT2D eigenvalue weighted by Gasteiger charge is 2.58. The zero-order valence-electron chi connectivity index (χ0n) is 14.8. The van der Waals surface area contributed by atoms with Gasteiger partial charge in [0.1, 0.15) is 0 Å². The molecular formula is C18H27IN4O2. The number of imide groups is 1. The topological polar surface area (TPSA) is 73.8 Å². The van der Waals surface area contributed by atoms with Crippen LogP contribution in [-0.4, -0.2) is 48.3 Å². The van der Waals surface area contributed by atoms with Crippen LogP contribution in [0.2, 0.25) is 0 Å². The van der Waals surface area contributed by atoms with Crippen molar-refractivity contribution in [3.05, 3.63) is 12.2 Å². The first-order chi connectivity index (χ1) is 11.6. The molecule has 0 radical (unpaired) electrons. The summed E-state index contributed by atoms with van der Waals surface area (Å²) >= 11 is 0. The molecule has 1 heterocycles. The number of aliphatic imine (C=N–C) groups is 1. The van der Waals surface area contributed by atoms with Gasteiger partial charge in [0, 0.05) is 19.1 Å². The van der Waals surface area contributed by atoms with Crippen molar-refractivity contribution in [3.8, 4) is 0 Å². The summed E-state index contributed by atoms with van der Waals surface area (Å²) < 4.78 is 0. The Morgan fingerprint density at radius 3 is 2.32 bits per heavy atom. The van der Waals surface area contributed by atoms with E-state index in [9.17, 15) is 9.59 Å². The third kappa shape index (κ3) is 3.31. The number of amides is 2. The molecule has 25 heavy (non-hydrogen) atoms. The molecule has 1 saturated heterocycles. The molecule has 6 unspecified atom stereocenters. The highest BCUT2D eigenvalue weighted by atomic mass is 127. The molecule has 138 valence electrons. The number of allylic oxidation sites excluding steroid dienone is 2. The van der Waals surface area contributed by atoms with Crippen LogP contribution in [0.25, 0.3) is 0 Å². The summed E-state index contributed by atoms with van der Waals surface area (Å²) in [5, 5.41) is 6.62. The summed E-state index contributed by atoms with van der Waals surface area (Å²) in [5.41, 5.74) is 0. The lowest BCUT2D eigenvalue weighted by Crippen LogP contribution is -2.40. The lowest BCUT2D eigenvalue weighted by molar-refractivity contribution is -0.140. The molecule has 2 amide bonds. The van der Waals surface area contributed by atoms with E-state index < -0.39 is 0 Å². The zero-order chi connectivity index (χ0) is 16.8. The van der Waals surface area contributed by atoms with Crippen LogP contribution >= 0.6 is 24.0 Å². The number of guanidine groups is 1. The first kappa shape index (κ1) is 18.7. The summed E-state index contributed by atoms with van der Waals surface area (Å²) in [6.07, 6.45) is 6.41.